The van der Waals surface area contributed by atoms with Crippen molar-refractivity contribution < 1.29 is 42.8 Å². The smallest absolute Gasteiger partial charge is 0.387 e. The van der Waals surface area contributed by atoms with Gasteiger partial charge in [0.2, 0.25) is 11.7 Å². The fourth-order valence-corrected chi connectivity index (χ4v) is 3.87. The Balaban J connectivity index is 1.73. The Morgan fingerprint density at radius 2 is 1.97 bits per heavy atom. The zero-order valence-electron chi connectivity index (χ0n) is 16.3. The molecule has 7 N–H and O–H groups in total. The molecule has 0 spiro atoms. The van der Waals surface area contributed by atoms with E-state index in [1.165, 1.54) is 39.7 Å². The van der Waals surface area contributed by atoms with Crippen molar-refractivity contribution in [2.45, 2.75) is 31.1 Å². The number of phosphoric ester groups is 1. The number of phosphoric acid groups is 1. The largest absolute Gasteiger partial charge is 0.469 e. The number of aromatic nitrogens is 4. The molecule has 1 aromatic carbocycles. The van der Waals surface area contributed by atoms with Crippen LogP contribution in [0.1, 0.15) is 11.8 Å². The summed E-state index contributed by atoms with van der Waals surface area (Å²) in [6, 6.07) is 5.60. The van der Waals surface area contributed by atoms with Gasteiger partial charge < -0.3 is 30.5 Å². The van der Waals surface area contributed by atoms with Crippen LogP contribution in [0.5, 0.6) is 0 Å². The third-order valence-corrected chi connectivity index (χ3v) is 5.46. The number of aliphatic hydroxyl groups excluding tert-OH is 2. The molecule has 2 aromatic heterocycles. The van der Waals surface area contributed by atoms with Crippen LogP contribution < -0.4 is 15.9 Å². The summed E-state index contributed by atoms with van der Waals surface area (Å²) in [7, 11) is -4.83. The Labute approximate surface area is 178 Å². The number of imidazole rings is 1. The molecule has 3 aromatic rings. The molecule has 0 amide bonds. The maximum atomic E-state index is 13.2. The SMILES string of the molecule is Nc1nc2c(c(=O)[nH]1)n(Cc1ccc(F)cc1)c[n+]2[C@@H]1O[C@H](COP(=O)(O)O)[C@@H](O)[C@H]1O. The summed E-state index contributed by atoms with van der Waals surface area (Å²) in [5, 5.41) is 20.8. The van der Waals surface area contributed by atoms with E-state index in [-0.39, 0.29) is 23.7 Å². The molecule has 1 fully saturated rings. The zero-order valence-corrected chi connectivity index (χ0v) is 17.2. The highest BCUT2D eigenvalue weighted by Crippen LogP contribution is 2.37. The summed E-state index contributed by atoms with van der Waals surface area (Å²) in [5.41, 5.74) is 5.85. The number of nitrogens with one attached hydrogen (secondary N) is 1. The van der Waals surface area contributed by atoms with Crippen LogP contribution in [0, 0.1) is 5.82 Å². The maximum absolute atomic E-state index is 13.2. The number of benzene rings is 1. The molecule has 13 nitrogen and oxygen atoms in total. The molecule has 0 aliphatic carbocycles. The van der Waals surface area contributed by atoms with Gasteiger partial charge >= 0.3 is 13.5 Å². The highest BCUT2D eigenvalue weighted by Gasteiger charge is 2.47. The Bertz CT molecular complexity index is 1240. The van der Waals surface area contributed by atoms with E-state index in [0.717, 1.165) is 0 Å². The van der Waals surface area contributed by atoms with Crippen LogP contribution in [0.25, 0.3) is 11.2 Å². The van der Waals surface area contributed by atoms with E-state index in [1.807, 2.05) is 0 Å². The van der Waals surface area contributed by atoms with E-state index in [4.69, 9.17) is 20.3 Å². The lowest BCUT2D eigenvalue weighted by atomic mass is 10.1. The minimum absolute atomic E-state index is 0.0289. The number of nitrogens with zero attached hydrogens (tertiary/aromatic N) is 3. The van der Waals surface area contributed by atoms with Gasteiger partial charge in [-0.1, -0.05) is 17.1 Å². The first-order chi connectivity index (χ1) is 15.0. The second-order valence-electron chi connectivity index (χ2n) is 7.23. The highest BCUT2D eigenvalue weighted by atomic mass is 31.2. The van der Waals surface area contributed by atoms with Gasteiger partial charge in [-0.05, 0) is 17.7 Å². The van der Waals surface area contributed by atoms with Crippen LogP contribution >= 0.6 is 7.82 Å². The van der Waals surface area contributed by atoms with Gasteiger partial charge in [-0.2, -0.15) is 0 Å². The van der Waals surface area contributed by atoms with Crippen molar-refractivity contribution in [3.8, 4) is 0 Å². The summed E-state index contributed by atoms with van der Waals surface area (Å²) in [6.07, 6.45) is -4.24. The van der Waals surface area contributed by atoms with Crippen LogP contribution in [-0.2, 0) is 20.4 Å². The van der Waals surface area contributed by atoms with Gasteiger partial charge in [-0.15, -0.1) is 0 Å². The molecule has 172 valence electrons. The number of aliphatic hydroxyl groups is 2. The molecular formula is C17H20FN5O8P+. The molecule has 0 unspecified atom stereocenters. The molecule has 15 heteroatoms. The number of rotatable bonds is 6. The number of halogens is 1. The number of nitrogen functional groups attached to an aromatic ring is 1. The number of hydrogen-bond donors (Lipinski definition) is 6. The first kappa shape index (κ1) is 22.5. The average molecular weight is 472 g/mol. The van der Waals surface area contributed by atoms with E-state index in [2.05, 4.69) is 14.5 Å². The van der Waals surface area contributed by atoms with E-state index >= 15 is 0 Å². The maximum Gasteiger partial charge on any atom is 0.469 e. The fourth-order valence-electron chi connectivity index (χ4n) is 3.53. The number of aromatic amines is 1. The van der Waals surface area contributed by atoms with Crippen LogP contribution in [0.3, 0.4) is 0 Å². The molecule has 1 aliphatic rings. The lowest BCUT2D eigenvalue weighted by Gasteiger charge is -2.14. The molecule has 0 radical (unpaired) electrons. The Kier molecular flexibility index (Phi) is 5.85. The number of anilines is 1. The van der Waals surface area contributed by atoms with E-state index in [1.54, 1.807) is 0 Å². The number of ether oxygens (including phenoxy) is 1. The summed E-state index contributed by atoms with van der Waals surface area (Å²) in [6.45, 7) is -0.557. The van der Waals surface area contributed by atoms with Crippen molar-refractivity contribution in [3.63, 3.8) is 0 Å². The van der Waals surface area contributed by atoms with Crippen molar-refractivity contribution in [3.05, 3.63) is 52.3 Å². The Hall–Kier alpha value is -2.71. The lowest BCUT2D eigenvalue weighted by molar-refractivity contribution is -0.745. The average Bonchev–Trinajstić information content (AvgIpc) is 3.19. The number of H-pyrrole nitrogens is 1. The molecule has 0 bridgehead atoms. The van der Waals surface area contributed by atoms with Crippen LogP contribution in [0.15, 0.2) is 35.4 Å². The minimum atomic E-state index is -4.83. The Morgan fingerprint density at radius 3 is 2.62 bits per heavy atom. The lowest BCUT2D eigenvalue weighted by Crippen LogP contribution is -2.46. The summed E-state index contributed by atoms with van der Waals surface area (Å²) >= 11 is 0. The van der Waals surface area contributed by atoms with E-state index < -0.39 is 50.3 Å². The zero-order chi connectivity index (χ0) is 23.2. The van der Waals surface area contributed by atoms with Gasteiger partial charge in [0, 0.05) is 0 Å². The monoisotopic (exact) mass is 472 g/mol. The molecule has 3 heterocycles. The normalized spacial score (nSPS) is 23.8. The van der Waals surface area contributed by atoms with Crippen molar-refractivity contribution in [2.24, 2.45) is 0 Å². The standard InChI is InChI=1S/C17H19FN5O8P/c18-9-3-1-8(2-4-9)5-22-7-23(14-11(22)15(26)21-17(19)20-14)16-13(25)12(24)10(31-16)6-30-32(27,28)29/h1-4,7,10,12-13,16,24-25H,5-6H2,(H4-,19,20,21,26,27,28,29)/p+1/t10-,12-,13-,16-/m1/s1. The molecule has 1 aliphatic heterocycles. The molecule has 1 saturated heterocycles. The number of nitrogens with two attached hydrogens (primary N) is 1. The summed E-state index contributed by atoms with van der Waals surface area (Å²) < 4.78 is 36.9. The first-order valence-electron chi connectivity index (χ1n) is 9.29. The van der Waals surface area contributed by atoms with Gasteiger partial charge in [-0.3, -0.25) is 18.9 Å². The minimum Gasteiger partial charge on any atom is -0.387 e. The molecule has 4 rings (SSSR count). The predicted octanol–water partition coefficient (Wildman–Crippen LogP) is -1.49. The van der Waals surface area contributed by atoms with Gasteiger partial charge in [0.15, 0.2) is 6.33 Å². The topological polar surface area (TPSA) is 197 Å². The van der Waals surface area contributed by atoms with Crippen molar-refractivity contribution >= 4 is 24.9 Å². The summed E-state index contributed by atoms with van der Waals surface area (Å²) in [4.78, 5) is 36.8. The van der Waals surface area contributed by atoms with Gasteiger partial charge in [0.05, 0.1) is 13.2 Å². The van der Waals surface area contributed by atoms with Gasteiger partial charge in [0.1, 0.15) is 24.1 Å². The van der Waals surface area contributed by atoms with Crippen molar-refractivity contribution in [1.82, 2.24) is 14.5 Å². The molecular weight excluding hydrogens is 452 g/mol. The third-order valence-electron chi connectivity index (χ3n) is 4.97. The Morgan fingerprint density at radius 1 is 1.28 bits per heavy atom. The third kappa shape index (κ3) is 4.42. The number of fused-ring (bicyclic) bond motifs is 1. The van der Waals surface area contributed by atoms with Crippen LogP contribution in [-0.4, -0.2) is 59.5 Å². The highest BCUT2D eigenvalue weighted by molar-refractivity contribution is 7.46. The van der Waals surface area contributed by atoms with Gasteiger partial charge in [0.25, 0.3) is 11.5 Å². The van der Waals surface area contributed by atoms with Crippen LogP contribution in [0.4, 0.5) is 10.3 Å². The van der Waals surface area contributed by atoms with Crippen molar-refractivity contribution in [2.75, 3.05) is 12.3 Å². The first-order valence-corrected chi connectivity index (χ1v) is 10.8. The molecule has 4 atom stereocenters. The van der Waals surface area contributed by atoms with E-state index in [9.17, 15) is 24.0 Å². The second-order valence-corrected chi connectivity index (χ2v) is 8.47. The summed E-state index contributed by atoms with van der Waals surface area (Å²) in [5.74, 6) is -0.626. The van der Waals surface area contributed by atoms with Crippen LogP contribution in [0.2, 0.25) is 0 Å². The van der Waals surface area contributed by atoms with Gasteiger partial charge in [-0.25, -0.2) is 13.5 Å². The predicted molar refractivity (Wildman–Crippen MR) is 104 cm³/mol. The fraction of sp³-hybridized carbons (Fsp3) is 0.353. The molecule has 32 heavy (non-hydrogen) atoms. The molecule has 0 saturated carbocycles. The van der Waals surface area contributed by atoms with Crippen molar-refractivity contribution in [1.29, 1.82) is 0 Å². The number of hydrogen-bond acceptors (Lipinski definition) is 8. The van der Waals surface area contributed by atoms with E-state index in [0.29, 0.717) is 5.56 Å². The quantitative estimate of drug-likeness (QED) is 0.182. The second kappa shape index (κ2) is 8.33.